The molecule has 1 aromatic carbocycles. The summed E-state index contributed by atoms with van der Waals surface area (Å²) in [6.45, 7) is 9.59. The summed E-state index contributed by atoms with van der Waals surface area (Å²) in [5.74, 6) is 0.265. The van der Waals surface area contributed by atoms with Gasteiger partial charge in [0.15, 0.2) is 6.61 Å². The van der Waals surface area contributed by atoms with Gasteiger partial charge in [-0.3, -0.25) is 4.79 Å². The van der Waals surface area contributed by atoms with Gasteiger partial charge in [-0.1, -0.05) is 6.92 Å². The van der Waals surface area contributed by atoms with Crippen LogP contribution in [0.3, 0.4) is 0 Å². The van der Waals surface area contributed by atoms with E-state index < -0.39 is 10.0 Å². The first kappa shape index (κ1) is 19.4. The predicted octanol–water partition coefficient (Wildman–Crippen LogP) is 1.98. The number of carbonyl (C=O) groups is 1. The third kappa shape index (κ3) is 6.58. The van der Waals surface area contributed by atoms with E-state index in [2.05, 4.69) is 10.0 Å². The number of carbonyl (C=O) groups excluding carboxylic acids is 1. The maximum Gasteiger partial charge on any atom is 0.258 e. The maximum absolute atomic E-state index is 12.1. The highest BCUT2D eigenvalue weighted by Gasteiger charge is 2.16. The molecule has 130 valence electrons. The number of amides is 1. The number of rotatable bonds is 7. The van der Waals surface area contributed by atoms with Crippen LogP contribution in [-0.2, 0) is 14.8 Å². The summed E-state index contributed by atoms with van der Waals surface area (Å²) in [5, 5.41) is 2.80. The summed E-state index contributed by atoms with van der Waals surface area (Å²) in [5.41, 5.74) is 0.339. The standard InChI is InChI=1S/C16H26N2O4S/c1-6-9-17-23(20,21)13-7-8-14(12(2)10-13)22-11-15(19)18-16(3,4)5/h7-8,10,17H,6,9,11H2,1-5H3,(H,18,19). The lowest BCUT2D eigenvalue weighted by Gasteiger charge is -2.20. The van der Waals surface area contributed by atoms with Crippen molar-refractivity contribution in [1.82, 2.24) is 10.0 Å². The number of aryl methyl sites for hydroxylation is 1. The minimum atomic E-state index is -3.50. The van der Waals surface area contributed by atoms with Crippen molar-refractivity contribution in [1.29, 1.82) is 0 Å². The Bertz CT molecular complexity index is 649. The molecular weight excluding hydrogens is 316 g/mol. The van der Waals surface area contributed by atoms with Crippen molar-refractivity contribution in [3.8, 4) is 5.75 Å². The van der Waals surface area contributed by atoms with E-state index in [9.17, 15) is 13.2 Å². The molecule has 0 spiro atoms. The minimum Gasteiger partial charge on any atom is -0.484 e. The number of hydrogen-bond acceptors (Lipinski definition) is 4. The first-order valence-corrected chi connectivity index (χ1v) is 9.07. The van der Waals surface area contributed by atoms with Crippen LogP contribution >= 0.6 is 0 Å². The van der Waals surface area contributed by atoms with E-state index in [-0.39, 0.29) is 22.9 Å². The largest absolute Gasteiger partial charge is 0.484 e. The van der Waals surface area contributed by atoms with E-state index in [1.165, 1.54) is 12.1 Å². The molecule has 0 unspecified atom stereocenters. The molecule has 23 heavy (non-hydrogen) atoms. The molecule has 6 nitrogen and oxygen atoms in total. The van der Waals surface area contributed by atoms with Gasteiger partial charge < -0.3 is 10.1 Å². The predicted molar refractivity (Wildman–Crippen MR) is 90.0 cm³/mol. The lowest BCUT2D eigenvalue weighted by molar-refractivity contribution is -0.124. The summed E-state index contributed by atoms with van der Waals surface area (Å²) in [6.07, 6.45) is 0.724. The van der Waals surface area contributed by atoms with Crippen molar-refractivity contribution in [2.24, 2.45) is 0 Å². The molecule has 0 bridgehead atoms. The number of nitrogens with one attached hydrogen (secondary N) is 2. The zero-order valence-corrected chi connectivity index (χ0v) is 15.2. The lowest BCUT2D eigenvalue weighted by Crippen LogP contribution is -2.43. The molecule has 7 heteroatoms. The monoisotopic (exact) mass is 342 g/mol. The Morgan fingerprint density at radius 1 is 1.26 bits per heavy atom. The van der Waals surface area contributed by atoms with Crippen LogP contribution in [0.4, 0.5) is 0 Å². The molecule has 0 saturated carbocycles. The van der Waals surface area contributed by atoms with E-state index >= 15 is 0 Å². The highest BCUT2D eigenvalue weighted by atomic mass is 32.2. The fourth-order valence-electron chi connectivity index (χ4n) is 1.87. The van der Waals surface area contributed by atoms with Gasteiger partial charge in [0.05, 0.1) is 4.90 Å². The summed E-state index contributed by atoms with van der Waals surface area (Å²) < 4.78 is 32.1. The van der Waals surface area contributed by atoms with Crippen LogP contribution in [0.25, 0.3) is 0 Å². The van der Waals surface area contributed by atoms with Gasteiger partial charge in [0.1, 0.15) is 5.75 Å². The van der Waals surface area contributed by atoms with Crippen LogP contribution in [0.5, 0.6) is 5.75 Å². The summed E-state index contributed by atoms with van der Waals surface area (Å²) >= 11 is 0. The highest BCUT2D eigenvalue weighted by Crippen LogP contribution is 2.21. The molecule has 1 amide bonds. The average Bonchev–Trinajstić information content (AvgIpc) is 2.42. The number of benzene rings is 1. The van der Waals surface area contributed by atoms with Gasteiger partial charge in [0, 0.05) is 12.1 Å². The third-order valence-corrected chi connectivity index (χ3v) is 4.33. The molecule has 0 atom stereocenters. The molecule has 0 aromatic heterocycles. The first-order valence-electron chi connectivity index (χ1n) is 7.59. The second-order valence-corrected chi connectivity index (χ2v) is 8.18. The molecule has 0 saturated heterocycles. The Labute approximate surface area is 138 Å². The van der Waals surface area contributed by atoms with Crippen LogP contribution < -0.4 is 14.8 Å². The Morgan fingerprint density at radius 2 is 1.91 bits per heavy atom. The van der Waals surface area contributed by atoms with Crippen molar-refractivity contribution >= 4 is 15.9 Å². The van der Waals surface area contributed by atoms with E-state index in [1.807, 2.05) is 27.7 Å². The van der Waals surface area contributed by atoms with Gasteiger partial charge in [0.25, 0.3) is 5.91 Å². The van der Waals surface area contributed by atoms with Gasteiger partial charge in [-0.15, -0.1) is 0 Å². The molecule has 0 fully saturated rings. The lowest BCUT2D eigenvalue weighted by atomic mass is 10.1. The van der Waals surface area contributed by atoms with Crippen LogP contribution in [-0.4, -0.2) is 33.0 Å². The summed E-state index contributed by atoms with van der Waals surface area (Å²) in [7, 11) is -3.50. The third-order valence-electron chi connectivity index (χ3n) is 2.87. The Morgan fingerprint density at radius 3 is 2.43 bits per heavy atom. The van der Waals surface area contributed by atoms with E-state index in [0.717, 1.165) is 6.42 Å². The Balaban J connectivity index is 2.76. The van der Waals surface area contributed by atoms with Crippen LogP contribution in [0, 0.1) is 6.92 Å². The second kappa shape index (κ2) is 7.79. The summed E-state index contributed by atoms with van der Waals surface area (Å²) in [6, 6.07) is 4.58. The topological polar surface area (TPSA) is 84.5 Å². The van der Waals surface area contributed by atoms with E-state index in [0.29, 0.717) is 17.9 Å². The molecule has 1 aromatic rings. The first-order chi connectivity index (χ1) is 10.5. The molecule has 0 aliphatic rings. The van der Waals surface area contributed by atoms with Crippen molar-refractivity contribution < 1.29 is 17.9 Å². The van der Waals surface area contributed by atoms with Gasteiger partial charge in [-0.05, 0) is 57.9 Å². The molecule has 2 N–H and O–H groups in total. The van der Waals surface area contributed by atoms with E-state index in [1.54, 1.807) is 13.0 Å². The Kier molecular flexibility index (Phi) is 6.58. The number of ether oxygens (including phenoxy) is 1. The molecule has 0 heterocycles. The zero-order valence-electron chi connectivity index (χ0n) is 14.4. The number of sulfonamides is 1. The van der Waals surface area contributed by atoms with E-state index in [4.69, 9.17) is 4.74 Å². The minimum absolute atomic E-state index is 0.113. The molecule has 0 aliphatic heterocycles. The van der Waals surface area contributed by atoms with Crippen LogP contribution in [0.2, 0.25) is 0 Å². The number of hydrogen-bond donors (Lipinski definition) is 2. The van der Waals surface area contributed by atoms with Gasteiger partial charge in [-0.2, -0.15) is 0 Å². The van der Waals surface area contributed by atoms with Crippen molar-refractivity contribution in [3.05, 3.63) is 23.8 Å². The Hall–Kier alpha value is -1.60. The van der Waals surface area contributed by atoms with Gasteiger partial charge >= 0.3 is 0 Å². The van der Waals surface area contributed by atoms with Gasteiger partial charge in [0.2, 0.25) is 10.0 Å². The summed E-state index contributed by atoms with van der Waals surface area (Å²) in [4.78, 5) is 11.9. The average molecular weight is 342 g/mol. The fraction of sp³-hybridized carbons (Fsp3) is 0.562. The smallest absolute Gasteiger partial charge is 0.258 e. The SMILES string of the molecule is CCCNS(=O)(=O)c1ccc(OCC(=O)NC(C)(C)C)c(C)c1. The molecular formula is C16H26N2O4S. The van der Waals surface area contributed by atoms with Crippen molar-refractivity contribution in [2.75, 3.05) is 13.2 Å². The normalized spacial score (nSPS) is 12.0. The van der Waals surface area contributed by atoms with Crippen LogP contribution in [0.1, 0.15) is 39.7 Å². The zero-order chi connectivity index (χ0) is 17.7. The fourth-order valence-corrected chi connectivity index (χ4v) is 3.09. The highest BCUT2D eigenvalue weighted by molar-refractivity contribution is 7.89. The molecule has 0 radical (unpaired) electrons. The molecule has 1 rings (SSSR count). The van der Waals surface area contributed by atoms with Crippen LogP contribution in [0.15, 0.2) is 23.1 Å². The van der Waals surface area contributed by atoms with Gasteiger partial charge in [-0.25, -0.2) is 13.1 Å². The van der Waals surface area contributed by atoms with Crippen molar-refractivity contribution in [2.45, 2.75) is 51.5 Å². The molecule has 0 aliphatic carbocycles. The second-order valence-electron chi connectivity index (χ2n) is 6.41. The quantitative estimate of drug-likeness (QED) is 0.793. The maximum atomic E-state index is 12.1. The van der Waals surface area contributed by atoms with Crippen molar-refractivity contribution in [3.63, 3.8) is 0 Å².